The van der Waals surface area contributed by atoms with E-state index in [0.717, 1.165) is 19.3 Å². The standard InChI is InChI=1S/C18H20N4O3S/c23-18(21-20-14-16-8-2-3-10-19-16)15-7-6-9-17(13-15)26(24,25)22-11-4-1-5-12-22/h2-3,6-10,13-14H,1,4-5,11-12H2,(H,21,23). The first-order valence-corrected chi connectivity index (χ1v) is 9.86. The van der Waals surface area contributed by atoms with Gasteiger partial charge in [0.05, 0.1) is 16.8 Å². The highest BCUT2D eigenvalue weighted by Crippen LogP contribution is 2.21. The maximum absolute atomic E-state index is 12.7. The molecule has 3 rings (SSSR count). The molecule has 1 N–H and O–H groups in total. The topological polar surface area (TPSA) is 91.7 Å². The van der Waals surface area contributed by atoms with E-state index in [1.165, 1.54) is 22.7 Å². The van der Waals surface area contributed by atoms with Gasteiger partial charge >= 0.3 is 0 Å². The summed E-state index contributed by atoms with van der Waals surface area (Å²) in [6, 6.07) is 11.4. The monoisotopic (exact) mass is 372 g/mol. The Kier molecular flexibility index (Phi) is 5.75. The van der Waals surface area contributed by atoms with E-state index in [1.807, 2.05) is 6.07 Å². The quantitative estimate of drug-likeness (QED) is 0.642. The van der Waals surface area contributed by atoms with E-state index in [-0.39, 0.29) is 10.5 Å². The number of hydrogen-bond acceptors (Lipinski definition) is 5. The van der Waals surface area contributed by atoms with Gasteiger partial charge in [-0.1, -0.05) is 18.6 Å². The summed E-state index contributed by atoms with van der Waals surface area (Å²) in [5.74, 6) is -0.479. The first-order chi connectivity index (χ1) is 12.6. The van der Waals surface area contributed by atoms with E-state index in [9.17, 15) is 13.2 Å². The molecule has 0 bridgehead atoms. The van der Waals surface area contributed by atoms with E-state index in [4.69, 9.17) is 0 Å². The lowest BCUT2D eigenvalue weighted by Crippen LogP contribution is -2.35. The van der Waals surface area contributed by atoms with Crippen LogP contribution in [0.1, 0.15) is 35.3 Å². The maximum atomic E-state index is 12.7. The second-order valence-electron chi connectivity index (χ2n) is 5.95. The highest BCUT2D eigenvalue weighted by molar-refractivity contribution is 7.89. The summed E-state index contributed by atoms with van der Waals surface area (Å²) in [6.45, 7) is 1.04. The summed E-state index contributed by atoms with van der Waals surface area (Å²) >= 11 is 0. The minimum atomic E-state index is -3.58. The van der Waals surface area contributed by atoms with Gasteiger partial charge in [-0.05, 0) is 43.2 Å². The molecular formula is C18H20N4O3S. The number of carbonyl (C=O) groups excluding carboxylic acids is 1. The Morgan fingerprint density at radius 2 is 1.92 bits per heavy atom. The van der Waals surface area contributed by atoms with Crippen LogP contribution in [0.15, 0.2) is 58.7 Å². The average molecular weight is 372 g/mol. The Hall–Kier alpha value is -2.58. The molecule has 1 aliphatic rings. The number of nitrogens with one attached hydrogen (secondary N) is 1. The fraction of sp³-hybridized carbons (Fsp3) is 0.278. The Labute approximate surface area is 152 Å². The molecular weight excluding hydrogens is 352 g/mol. The number of hydrazone groups is 1. The molecule has 1 fully saturated rings. The molecule has 2 heterocycles. The van der Waals surface area contributed by atoms with Gasteiger partial charge in [0.15, 0.2) is 0 Å². The van der Waals surface area contributed by atoms with Crippen LogP contribution in [0, 0.1) is 0 Å². The number of amides is 1. The fourth-order valence-electron chi connectivity index (χ4n) is 2.73. The van der Waals surface area contributed by atoms with Gasteiger partial charge in [-0.3, -0.25) is 9.78 Å². The first kappa shape index (κ1) is 18.2. The molecule has 136 valence electrons. The number of piperidine rings is 1. The molecule has 0 atom stereocenters. The normalized spacial score (nSPS) is 15.8. The summed E-state index contributed by atoms with van der Waals surface area (Å²) in [5.41, 5.74) is 3.23. The number of rotatable bonds is 5. The van der Waals surface area contributed by atoms with Crippen molar-refractivity contribution in [2.45, 2.75) is 24.2 Å². The number of benzene rings is 1. The molecule has 1 saturated heterocycles. The largest absolute Gasteiger partial charge is 0.271 e. The van der Waals surface area contributed by atoms with Crippen molar-refractivity contribution in [1.82, 2.24) is 14.7 Å². The Balaban J connectivity index is 1.72. The molecule has 2 aromatic rings. The SMILES string of the molecule is O=C(NN=Cc1ccccn1)c1cccc(S(=O)(=O)N2CCCCC2)c1. The lowest BCUT2D eigenvalue weighted by atomic mass is 10.2. The molecule has 0 radical (unpaired) electrons. The van der Waals surface area contributed by atoms with Crippen LogP contribution in [0.25, 0.3) is 0 Å². The van der Waals surface area contributed by atoms with Gasteiger partial charge in [-0.15, -0.1) is 0 Å². The Morgan fingerprint density at radius 1 is 1.12 bits per heavy atom. The first-order valence-electron chi connectivity index (χ1n) is 8.42. The van der Waals surface area contributed by atoms with Crippen molar-refractivity contribution in [2.24, 2.45) is 5.10 Å². The van der Waals surface area contributed by atoms with Crippen molar-refractivity contribution in [3.8, 4) is 0 Å². The highest BCUT2D eigenvalue weighted by atomic mass is 32.2. The predicted molar refractivity (Wildman–Crippen MR) is 98.3 cm³/mol. The highest BCUT2D eigenvalue weighted by Gasteiger charge is 2.26. The van der Waals surface area contributed by atoms with Crippen molar-refractivity contribution >= 4 is 22.1 Å². The Bertz CT molecular complexity index is 892. The number of hydrogen-bond donors (Lipinski definition) is 1. The predicted octanol–water partition coefficient (Wildman–Crippen LogP) is 2.02. The van der Waals surface area contributed by atoms with Gasteiger partial charge in [0, 0.05) is 24.8 Å². The van der Waals surface area contributed by atoms with Crippen molar-refractivity contribution in [3.63, 3.8) is 0 Å². The van der Waals surface area contributed by atoms with Crippen molar-refractivity contribution in [3.05, 3.63) is 59.9 Å². The second-order valence-corrected chi connectivity index (χ2v) is 7.88. The summed E-state index contributed by atoms with van der Waals surface area (Å²) < 4.78 is 26.9. The van der Waals surface area contributed by atoms with Gasteiger partial charge in [0.2, 0.25) is 10.0 Å². The molecule has 1 amide bonds. The third-order valence-electron chi connectivity index (χ3n) is 4.10. The lowest BCUT2D eigenvalue weighted by Gasteiger charge is -2.25. The zero-order chi connectivity index (χ0) is 18.4. The third-order valence-corrected chi connectivity index (χ3v) is 5.99. The fourth-order valence-corrected chi connectivity index (χ4v) is 4.29. The number of carbonyl (C=O) groups is 1. The van der Waals surface area contributed by atoms with E-state index in [1.54, 1.807) is 30.5 Å². The third kappa shape index (κ3) is 4.33. The van der Waals surface area contributed by atoms with Crippen LogP contribution in [0.5, 0.6) is 0 Å². The van der Waals surface area contributed by atoms with E-state index < -0.39 is 15.9 Å². The van der Waals surface area contributed by atoms with Crippen molar-refractivity contribution < 1.29 is 13.2 Å². The second kappa shape index (κ2) is 8.20. The molecule has 8 heteroatoms. The van der Waals surface area contributed by atoms with Crippen molar-refractivity contribution in [2.75, 3.05) is 13.1 Å². The zero-order valence-corrected chi connectivity index (χ0v) is 15.0. The molecule has 0 unspecified atom stereocenters. The van der Waals surface area contributed by atoms with E-state index in [0.29, 0.717) is 18.8 Å². The van der Waals surface area contributed by atoms with Gasteiger partial charge in [0.1, 0.15) is 0 Å². The molecule has 0 aliphatic carbocycles. The minimum Gasteiger partial charge on any atom is -0.267 e. The molecule has 1 aromatic heterocycles. The average Bonchev–Trinajstić information content (AvgIpc) is 2.69. The smallest absolute Gasteiger partial charge is 0.267 e. The van der Waals surface area contributed by atoms with Crippen LogP contribution in [-0.4, -0.2) is 42.9 Å². The molecule has 0 spiro atoms. The molecule has 1 aliphatic heterocycles. The van der Waals surface area contributed by atoms with Crippen LogP contribution >= 0.6 is 0 Å². The summed E-state index contributed by atoms with van der Waals surface area (Å²) in [5, 5.41) is 3.85. The van der Waals surface area contributed by atoms with E-state index in [2.05, 4.69) is 15.5 Å². The number of sulfonamides is 1. The van der Waals surface area contributed by atoms with Crippen LogP contribution in [-0.2, 0) is 10.0 Å². The molecule has 1 aromatic carbocycles. The number of aromatic nitrogens is 1. The van der Waals surface area contributed by atoms with E-state index >= 15 is 0 Å². The zero-order valence-electron chi connectivity index (χ0n) is 14.2. The van der Waals surface area contributed by atoms with Crippen LogP contribution in [0.2, 0.25) is 0 Å². The van der Waals surface area contributed by atoms with Crippen molar-refractivity contribution in [1.29, 1.82) is 0 Å². The van der Waals surface area contributed by atoms with Gasteiger partial charge < -0.3 is 0 Å². The lowest BCUT2D eigenvalue weighted by molar-refractivity contribution is 0.0955. The Morgan fingerprint density at radius 3 is 2.65 bits per heavy atom. The van der Waals surface area contributed by atoms with Crippen LogP contribution in [0.3, 0.4) is 0 Å². The van der Waals surface area contributed by atoms with Gasteiger partial charge in [-0.25, -0.2) is 13.8 Å². The molecule has 26 heavy (non-hydrogen) atoms. The van der Waals surface area contributed by atoms with Gasteiger partial charge in [-0.2, -0.15) is 9.41 Å². The maximum Gasteiger partial charge on any atom is 0.271 e. The number of pyridine rings is 1. The molecule has 7 nitrogen and oxygen atoms in total. The van der Waals surface area contributed by atoms with Crippen LogP contribution < -0.4 is 5.43 Å². The summed E-state index contributed by atoms with van der Waals surface area (Å²) in [6.07, 6.45) is 5.82. The molecule has 0 saturated carbocycles. The summed E-state index contributed by atoms with van der Waals surface area (Å²) in [7, 11) is -3.58. The summed E-state index contributed by atoms with van der Waals surface area (Å²) in [4.78, 5) is 16.4. The minimum absolute atomic E-state index is 0.126. The van der Waals surface area contributed by atoms with Gasteiger partial charge in [0.25, 0.3) is 5.91 Å². The number of nitrogens with zero attached hydrogens (tertiary/aromatic N) is 3. The van der Waals surface area contributed by atoms with Crippen LogP contribution in [0.4, 0.5) is 0 Å².